The number of aromatic nitrogens is 8. The second kappa shape index (κ2) is 21.2. The zero-order valence-electron chi connectivity index (χ0n) is 46.4. The van der Waals surface area contributed by atoms with Crippen LogP contribution in [-0.4, -0.2) is 39.0 Å². The lowest BCUT2D eigenvalue weighted by molar-refractivity contribution is 1.07. The molecule has 0 saturated carbocycles. The van der Waals surface area contributed by atoms with Crippen molar-refractivity contribution < 1.29 is 0 Å². The van der Waals surface area contributed by atoms with Crippen LogP contribution in [0, 0.1) is 0 Å². The van der Waals surface area contributed by atoms with Crippen molar-refractivity contribution in [3.8, 4) is 113 Å². The van der Waals surface area contributed by atoms with Gasteiger partial charge in [0.2, 0.25) is 0 Å². The Hall–Kier alpha value is -11.7. The van der Waals surface area contributed by atoms with Crippen LogP contribution in [0.2, 0.25) is 0 Å². The smallest absolute Gasteiger partial charge is 0.164 e. The molecule has 16 rings (SSSR count). The van der Waals surface area contributed by atoms with Crippen molar-refractivity contribution in [3.63, 3.8) is 0 Å². The van der Waals surface area contributed by atoms with E-state index in [4.69, 9.17) is 29.9 Å². The summed E-state index contributed by atoms with van der Waals surface area (Å²) < 4.78 is 4.75. The number of rotatable bonds is 11. The average Bonchev–Trinajstić information content (AvgIpc) is 1.96. The van der Waals surface area contributed by atoms with Gasteiger partial charge in [0.1, 0.15) is 0 Å². The number of fused-ring (bicyclic) bond motifs is 6. The molecule has 402 valence electrons. The first kappa shape index (κ1) is 50.0. The lowest BCUT2D eigenvalue weighted by atomic mass is 9.86. The standard InChI is InChI=1S/C78H50N8/c1-5-25-51(26-6-1)73-79-74(52-27-7-2-8-28-52)82-77(81-73)65-47-45-55(85-69-41-21-17-37-61(69)62-38-18-22-42-70(62)85)49-67(65)59-35-15-13-33-57(59)58-34-14-16-36-60(58)68-50-56(86-71-43-23-19-39-63(71)64-40-20-24-44-72(64)86)46-48-66(68)78-83-75(53-29-9-3-10-30-53)80-76(84-78)54-31-11-4-12-32-54/h1-50H. The molecular formula is C78H50N8. The minimum absolute atomic E-state index is 0.559. The fourth-order valence-corrected chi connectivity index (χ4v) is 12.3. The Morgan fingerprint density at radius 1 is 0.174 bits per heavy atom. The first-order chi connectivity index (χ1) is 42.7. The lowest BCUT2D eigenvalue weighted by Crippen LogP contribution is -2.03. The molecule has 12 aromatic carbocycles. The van der Waals surface area contributed by atoms with Gasteiger partial charge in [-0.15, -0.1) is 0 Å². The van der Waals surface area contributed by atoms with Crippen molar-refractivity contribution in [1.82, 2.24) is 39.0 Å². The molecule has 86 heavy (non-hydrogen) atoms. The Kier molecular flexibility index (Phi) is 12.3. The highest BCUT2D eigenvalue weighted by Gasteiger charge is 2.25. The molecule has 0 spiro atoms. The van der Waals surface area contributed by atoms with Crippen LogP contribution in [0.3, 0.4) is 0 Å². The van der Waals surface area contributed by atoms with E-state index in [2.05, 4.69) is 240 Å². The van der Waals surface area contributed by atoms with E-state index in [1.807, 2.05) is 72.8 Å². The normalized spacial score (nSPS) is 11.5. The summed E-state index contributed by atoms with van der Waals surface area (Å²) in [5.41, 5.74) is 17.7. The van der Waals surface area contributed by atoms with Crippen LogP contribution in [0.25, 0.3) is 157 Å². The molecule has 0 fully saturated rings. The topological polar surface area (TPSA) is 87.2 Å². The third-order valence-corrected chi connectivity index (χ3v) is 16.3. The number of para-hydroxylation sites is 4. The van der Waals surface area contributed by atoms with E-state index in [0.717, 1.165) is 100 Å². The monoisotopic (exact) mass is 1100 g/mol. The van der Waals surface area contributed by atoms with Gasteiger partial charge in [0.15, 0.2) is 34.9 Å². The maximum Gasteiger partial charge on any atom is 0.164 e. The molecule has 0 unspecified atom stereocenters. The molecule has 0 radical (unpaired) electrons. The number of benzene rings is 12. The Bertz CT molecular complexity index is 4680. The predicted molar refractivity (Wildman–Crippen MR) is 351 cm³/mol. The Morgan fingerprint density at radius 2 is 0.407 bits per heavy atom. The van der Waals surface area contributed by atoms with Gasteiger partial charge in [-0.2, -0.15) is 0 Å². The van der Waals surface area contributed by atoms with Crippen molar-refractivity contribution in [2.75, 3.05) is 0 Å². The third kappa shape index (κ3) is 8.79. The fraction of sp³-hybridized carbons (Fsp3) is 0. The van der Waals surface area contributed by atoms with Gasteiger partial charge in [0, 0.05) is 66.3 Å². The van der Waals surface area contributed by atoms with Crippen LogP contribution in [0.1, 0.15) is 0 Å². The highest BCUT2D eigenvalue weighted by molar-refractivity contribution is 6.11. The van der Waals surface area contributed by atoms with E-state index in [1.54, 1.807) is 0 Å². The molecule has 8 nitrogen and oxygen atoms in total. The quantitative estimate of drug-likeness (QED) is 0.128. The molecule has 0 aliphatic carbocycles. The fourth-order valence-electron chi connectivity index (χ4n) is 12.3. The van der Waals surface area contributed by atoms with Crippen molar-refractivity contribution in [2.45, 2.75) is 0 Å². The molecule has 0 bridgehead atoms. The number of nitrogens with zero attached hydrogens (tertiary/aromatic N) is 8. The highest BCUT2D eigenvalue weighted by Crippen LogP contribution is 2.46. The zero-order chi connectivity index (χ0) is 56.9. The molecule has 0 aliphatic heterocycles. The number of hydrogen-bond donors (Lipinski definition) is 0. The molecular weight excluding hydrogens is 1050 g/mol. The van der Waals surface area contributed by atoms with Gasteiger partial charge in [-0.1, -0.05) is 243 Å². The van der Waals surface area contributed by atoms with Crippen LogP contribution in [0.4, 0.5) is 0 Å². The summed E-state index contributed by atoms with van der Waals surface area (Å²) in [6, 6.07) is 106. The van der Waals surface area contributed by atoms with Crippen LogP contribution in [0.15, 0.2) is 303 Å². The van der Waals surface area contributed by atoms with Gasteiger partial charge in [-0.3, -0.25) is 0 Å². The van der Waals surface area contributed by atoms with E-state index < -0.39 is 0 Å². The van der Waals surface area contributed by atoms with Crippen LogP contribution < -0.4 is 0 Å². The molecule has 4 aromatic heterocycles. The molecule has 0 amide bonds. The summed E-state index contributed by atoms with van der Waals surface area (Å²) >= 11 is 0. The van der Waals surface area contributed by atoms with Crippen molar-refractivity contribution >= 4 is 43.6 Å². The summed E-state index contributed by atoms with van der Waals surface area (Å²) in [7, 11) is 0. The van der Waals surface area contributed by atoms with Crippen LogP contribution in [-0.2, 0) is 0 Å². The maximum absolute atomic E-state index is 5.38. The Morgan fingerprint density at radius 3 is 0.698 bits per heavy atom. The van der Waals surface area contributed by atoms with E-state index >= 15 is 0 Å². The SMILES string of the molecule is c1ccc(-c2nc(-c3ccccc3)nc(-c3ccc(-n4c5ccccc5c5ccccc54)cc3-c3ccccc3-c3ccccc3-c3cc(-n4c5ccccc5c5ccccc54)ccc3-c3nc(-c4ccccc4)nc(-c4ccccc4)n3)n2)cc1. The summed E-state index contributed by atoms with van der Waals surface area (Å²) in [5, 5.41) is 4.74. The first-order valence-corrected chi connectivity index (χ1v) is 28.9. The van der Waals surface area contributed by atoms with Gasteiger partial charge in [0.25, 0.3) is 0 Å². The third-order valence-electron chi connectivity index (χ3n) is 16.3. The predicted octanol–water partition coefficient (Wildman–Crippen LogP) is 19.3. The molecule has 0 saturated heterocycles. The first-order valence-electron chi connectivity index (χ1n) is 28.9. The van der Waals surface area contributed by atoms with Gasteiger partial charge in [0.05, 0.1) is 22.1 Å². The minimum atomic E-state index is 0.559. The molecule has 8 heteroatoms. The largest absolute Gasteiger partial charge is 0.309 e. The summed E-state index contributed by atoms with van der Waals surface area (Å²) in [5.74, 6) is 3.47. The van der Waals surface area contributed by atoms with Gasteiger partial charge < -0.3 is 9.13 Å². The van der Waals surface area contributed by atoms with E-state index in [0.29, 0.717) is 34.9 Å². The summed E-state index contributed by atoms with van der Waals surface area (Å²) in [6.45, 7) is 0. The second-order valence-corrected chi connectivity index (χ2v) is 21.4. The summed E-state index contributed by atoms with van der Waals surface area (Å²) in [6.07, 6.45) is 0. The minimum Gasteiger partial charge on any atom is -0.309 e. The van der Waals surface area contributed by atoms with Crippen molar-refractivity contribution in [1.29, 1.82) is 0 Å². The molecule has 0 atom stereocenters. The average molecular weight is 1100 g/mol. The van der Waals surface area contributed by atoms with Crippen molar-refractivity contribution in [3.05, 3.63) is 303 Å². The molecule has 4 heterocycles. The second-order valence-electron chi connectivity index (χ2n) is 21.4. The summed E-state index contributed by atoms with van der Waals surface area (Å²) in [4.78, 5) is 31.8. The molecule has 0 N–H and O–H groups in total. The Balaban J connectivity index is 0.964. The maximum atomic E-state index is 5.38. The van der Waals surface area contributed by atoms with Gasteiger partial charge in [-0.25, -0.2) is 29.9 Å². The molecule has 0 aliphatic rings. The van der Waals surface area contributed by atoms with Crippen LogP contribution >= 0.6 is 0 Å². The van der Waals surface area contributed by atoms with E-state index in [9.17, 15) is 0 Å². The van der Waals surface area contributed by atoms with Gasteiger partial charge in [-0.05, 0) is 94.0 Å². The van der Waals surface area contributed by atoms with Crippen molar-refractivity contribution in [2.24, 2.45) is 0 Å². The van der Waals surface area contributed by atoms with E-state index in [-0.39, 0.29) is 0 Å². The van der Waals surface area contributed by atoms with Crippen LogP contribution in [0.5, 0.6) is 0 Å². The number of hydrogen-bond acceptors (Lipinski definition) is 6. The molecule has 16 aromatic rings. The van der Waals surface area contributed by atoms with Gasteiger partial charge >= 0.3 is 0 Å². The lowest BCUT2D eigenvalue weighted by Gasteiger charge is -2.20. The highest BCUT2D eigenvalue weighted by atomic mass is 15.0. The zero-order valence-corrected chi connectivity index (χ0v) is 46.4. The Labute approximate surface area is 496 Å². The van der Waals surface area contributed by atoms with E-state index in [1.165, 1.54) is 21.5 Å².